The third-order valence-corrected chi connectivity index (χ3v) is 5.03. The summed E-state index contributed by atoms with van der Waals surface area (Å²) in [6.07, 6.45) is 2.79. The molecule has 0 saturated heterocycles. The monoisotopic (exact) mass is 393 g/mol. The fourth-order valence-electron chi connectivity index (χ4n) is 2.82. The van der Waals surface area contributed by atoms with E-state index in [9.17, 15) is 9.59 Å². The summed E-state index contributed by atoms with van der Waals surface area (Å²) >= 11 is 1.25. The number of nitrogens with zero attached hydrogens (tertiary/aromatic N) is 2. The Kier molecular flexibility index (Phi) is 7.03. The number of aryl methyl sites for hydroxylation is 1. The van der Waals surface area contributed by atoms with E-state index < -0.39 is 0 Å². The van der Waals surface area contributed by atoms with Crippen LogP contribution in [0.3, 0.4) is 0 Å². The number of hydrogen-bond donors (Lipinski definition) is 1. The Morgan fingerprint density at radius 3 is 2.21 bits per heavy atom. The van der Waals surface area contributed by atoms with Gasteiger partial charge in [-0.3, -0.25) is 14.5 Å². The first-order valence-electron chi connectivity index (χ1n) is 9.33. The van der Waals surface area contributed by atoms with E-state index >= 15 is 0 Å². The maximum absolute atomic E-state index is 13.0. The number of nitrogens with one attached hydrogen (secondary N) is 1. The zero-order valence-electron chi connectivity index (χ0n) is 15.8. The van der Waals surface area contributed by atoms with Gasteiger partial charge in [0.2, 0.25) is 5.91 Å². The molecule has 0 aliphatic rings. The van der Waals surface area contributed by atoms with Crippen LogP contribution < -0.4 is 10.5 Å². The van der Waals surface area contributed by atoms with E-state index in [-0.39, 0.29) is 17.2 Å². The number of aromatic nitrogens is 2. The summed E-state index contributed by atoms with van der Waals surface area (Å²) in [5.74, 6) is 0.0910. The lowest BCUT2D eigenvalue weighted by Crippen LogP contribution is -2.27. The van der Waals surface area contributed by atoms with E-state index in [0.717, 1.165) is 36.3 Å². The molecule has 0 radical (unpaired) electrons. The van der Waals surface area contributed by atoms with E-state index in [1.54, 1.807) is 4.90 Å². The van der Waals surface area contributed by atoms with Crippen LogP contribution in [0.25, 0.3) is 0 Å². The van der Waals surface area contributed by atoms with E-state index in [1.807, 2.05) is 60.7 Å². The molecule has 1 heterocycles. The lowest BCUT2D eigenvalue weighted by atomic mass is 10.2. The zero-order chi connectivity index (χ0) is 19.8. The second kappa shape index (κ2) is 9.90. The summed E-state index contributed by atoms with van der Waals surface area (Å²) in [7, 11) is 0. The Morgan fingerprint density at radius 2 is 1.64 bits per heavy atom. The van der Waals surface area contributed by atoms with Gasteiger partial charge in [0.1, 0.15) is 0 Å². The molecule has 1 aromatic heterocycles. The summed E-state index contributed by atoms with van der Waals surface area (Å²) < 4.78 is 0. The number of unbranched alkanes of at least 4 members (excludes halogenated alkanes) is 1. The smallest absolute Gasteiger partial charge is 0.251 e. The summed E-state index contributed by atoms with van der Waals surface area (Å²) in [6, 6.07) is 20.6. The molecule has 28 heavy (non-hydrogen) atoms. The van der Waals surface area contributed by atoms with Crippen molar-refractivity contribution in [3.05, 3.63) is 82.8 Å². The number of rotatable bonds is 8. The van der Waals surface area contributed by atoms with Crippen LogP contribution in [0.15, 0.2) is 76.7 Å². The number of benzene rings is 2. The van der Waals surface area contributed by atoms with Crippen LogP contribution in [0.5, 0.6) is 0 Å². The summed E-state index contributed by atoms with van der Waals surface area (Å²) in [5, 5.41) is 0.480. The largest absolute Gasteiger partial charge is 0.301 e. The molecule has 0 unspecified atom stereocenters. The van der Waals surface area contributed by atoms with Crippen LogP contribution in [-0.2, 0) is 11.2 Å². The number of carbonyl (C=O) groups is 1. The van der Waals surface area contributed by atoms with Crippen LogP contribution in [0.2, 0.25) is 0 Å². The van der Waals surface area contributed by atoms with Crippen molar-refractivity contribution in [2.45, 2.75) is 31.3 Å². The summed E-state index contributed by atoms with van der Waals surface area (Å²) in [4.78, 5) is 33.8. The lowest BCUT2D eigenvalue weighted by molar-refractivity contribution is -0.115. The Balaban J connectivity index is 1.78. The van der Waals surface area contributed by atoms with Crippen LogP contribution in [0, 0.1) is 0 Å². The predicted octanol–water partition coefficient (Wildman–Crippen LogP) is 4.57. The summed E-state index contributed by atoms with van der Waals surface area (Å²) in [5.41, 5.74) is 2.19. The fraction of sp³-hybridized carbons (Fsp3) is 0.227. The van der Waals surface area contributed by atoms with E-state index in [1.165, 1.54) is 17.8 Å². The number of hydrogen-bond acceptors (Lipinski definition) is 4. The highest BCUT2D eigenvalue weighted by Crippen LogP contribution is 2.26. The number of H-pyrrole nitrogens is 1. The molecule has 0 aliphatic heterocycles. The fourth-order valence-corrected chi connectivity index (χ4v) is 3.57. The second-order valence-electron chi connectivity index (χ2n) is 6.33. The molecule has 0 fully saturated rings. The Morgan fingerprint density at radius 1 is 1.04 bits per heavy atom. The molecule has 3 aromatic rings. The van der Waals surface area contributed by atoms with Gasteiger partial charge < -0.3 is 4.98 Å². The molecule has 1 N–H and O–H groups in total. The second-order valence-corrected chi connectivity index (χ2v) is 7.30. The van der Waals surface area contributed by atoms with Gasteiger partial charge >= 0.3 is 0 Å². The number of para-hydroxylation sites is 2. The van der Waals surface area contributed by atoms with E-state index in [0.29, 0.717) is 5.16 Å². The Bertz CT molecular complexity index is 919. The average Bonchev–Trinajstić information content (AvgIpc) is 2.72. The van der Waals surface area contributed by atoms with Crippen LogP contribution in [0.4, 0.5) is 11.4 Å². The van der Waals surface area contributed by atoms with Gasteiger partial charge in [0, 0.05) is 23.1 Å². The van der Waals surface area contributed by atoms with Gasteiger partial charge in [-0.1, -0.05) is 61.5 Å². The first-order chi connectivity index (χ1) is 13.7. The standard InChI is InChI=1S/C22H23N3O2S/c1-2-3-10-17-15-20(26)24-22(23-17)28-16-21(27)25(18-11-6-4-7-12-18)19-13-8-5-9-14-19/h4-9,11-15H,2-3,10,16H2,1H3,(H,23,24,26). The Hall–Kier alpha value is -2.86. The summed E-state index contributed by atoms with van der Waals surface area (Å²) in [6.45, 7) is 2.10. The van der Waals surface area contributed by atoms with Gasteiger partial charge in [0.05, 0.1) is 5.75 Å². The van der Waals surface area contributed by atoms with Crippen LogP contribution >= 0.6 is 11.8 Å². The van der Waals surface area contributed by atoms with Crippen molar-refractivity contribution in [2.75, 3.05) is 10.7 Å². The molecule has 3 rings (SSSR count). The number of amides is 1. The molecule has 0 bridgehead atoms. The van der Waals surface area contributed by atoms with Gasteiger partial charge in [0.25, 0.3) is 5.56 Å². The van der Waals surface area contributed by atoms with Crippen molar-refractivity contribution in [3.63, 3.8) is 0 Å². The van der Waals surface area contributed by atoms with E-state index in [4.69, 9.17) is 0 Å². The van der Waals surface area contributed by atoms with Crippen molar-refractivity contribution < 1.29 is 4.79 Å². The molecule has 0 atom stereocenters. The third-order valence-electron chi connectivity index (χ3n) is 4.17. The average molecular weight is 394 g/mol. The van der Waals surface area contributed by atoms with E-state index in [2.05, 4.69) is 16.9 Å². The normalized spacial score (nSPS) is 10.6. The molecule has 0 saturated carbocycles. The lowest BCUT2D eigenvalue weighted by Gasteiger charge is -2.22. The van der Waals surface area contributed by atoms with Gasteiger partial charge in [-0.2, -0.15) is 0 Å². The maximum atomic E-state index is 13.0. The SMILES string of the molecule is CCCCc1cc(=O)[nH]c(SCC(=O)N(c2ccccc2)c2ccccc2)n1. The molecule has 2 aromatic carbocycles. The van der Waals surface area contributed by atoms with Crippen LogP contribution in [0.1, 0.15) is 25.5 Å². The topological polar surface area (TPSA) is 66.1 Å². The highest BCUT2D eigenvalue weighted by molar-refractivity contribution is 7.99. The minimum Gasteiger partial charge on any atom is -0.301 e. The molecule has 144 valence electrons. The number of carbonyl (C=O) groups excluding carboxylic acids is 1. The Labute approximate surface area is 168 Å². The minimum absolute atomic E-state index is 0.0796. The number of thioether (sulfide) groups is 1. The zero-order valence-corrected chi connectivity index (χ0v) is 16.6. The third kappa shape index (κ3) is 5.33. The molecule has 1 amide bonds. The molecular formula is C22H23N3O2S. The minimum atomic E-state index is -0.181. The first-order valence-corrected chi connectivity index (χ1v) is 10.3. The van der Waals surface area contributed by atoms with Crippen LogP contribution in [-0.4, -0.2) is 21.6 Å². The molecule has 6 heteroatoms. The quantitative estimate of drug-likeness (QED) is 0.450. The molecular weight excluding hydrogens is 370 g/mol. The molecule has 0 spiro atoms. The number of anilines is 2. The van der Waals surface area contributed by atoms with Crippen molar-refractivity contribution >= 4 is 29.0 Å². The van der Waals surface area contributed by atoms with Crippen molar-refractivity contribution in [1.82, 2.24) is 9.97 Å². The van der Waals surface area contributed by atoms with Crippen molar-refractivity contribution in [1.29, 1.82) is 0 Å². The van der Waals surface area contributed by atoms with Gasteiger partial charge in [-0.25, -0.2) is 4.98 Å². The maximum Gasteiger partial charge on any atom is 0.251 e. The van der Waals surface area contributed by atoms with Crippen molar-refractivity contribution in [2.24, 2.45) is 0 Å². The first kappa shape index (κ1) is 19.9. The molecule has 5 nitrogen and oxygen atoms in total. The number of aromatic amines is 1. The highest BCUT2D eigenvalue weighted by atomic mass is 32.2. The highest BCUT2D eigenvalue weighted by Gasteiger charge is 2.18. The molecule has 0 aliphatic carbocycles. The van der Waals surface area contributed by atoms with Gasteiger partial charge in [-0.15, -0.1) is 0 Å². The van der Waals surface area contributed by atoms with Gasteiger partial charge in [-0.05, 0) is 37.1 Å². The van der Waals surface area contributed by atoms with Gasteiger partial charge in [0.15, 0.2) is 5.16 Å². The van der Waals surface area contributed by atoms with Crippen molar-refractivity contribution in [3.8, 4) is 0 Å². The predicted molar refractivity (Wildman–Crippen MR) is 114 cm³/mol.